The van der Waals surface area contributed by atoms with Gasteiger partial charge in [0.05, 0.1) is 11.2 Å². The molecule has 28 heavy (non-hydrogen) atoms. The highest BCUT2D eigenvalue weighted by Crippen LogP contribution is 2.29. The van der Waals surface area contributed by atoms with Gasteiger partial charge >= 0.3 is 12.2 Å². The lowest BCUT2D eigenvalue weighted by atomic mass is 9.94. The molecule has 0 saturated carbocycles. The third kappa shape index (κ3) is 5.85. The Labute approximate surface area is 163 Å². The second kappa shape index (κ2) is 8.29. The lowest BCUT2D eigenvalue weighted by Gasteiger charge is -2.35. The average molecular weight is 399 g/mol. The minimum absolute atomic E-state index is 0.0438. The fourth-order valence-corrected chi connectivity index (χ4v) is 3.92. The molecule has 0 aliphatic carbocycles. The summed E-state index contributed by atoms with van der Waals surface area (Å²) >= 11 is 0. The maximum Gasteiger partial charge on any atom is 0.416 e. The molecule has 1 aromatic rings. The topological polar surface area (TPSA) is 53.6 Å². The number of amides is 2. The van der Waals surface area contributed by atoms with Gasteiger partial charge in [-0.05, 0) is 50.8 Å². The number of urea groups is 1. The molecule has 156 valence electrons. The van der Waals surface area contributed by atoms with Crippen molar-refractivity contribution in [2.75, 3.05) is 19.7 Å². The van der Waals surface area contributed by atoms with Gasteiger partial charge in [0.15, 0.2) is 0 Å². The highest BCUT2D eigenvalue weighted by Gasteiger charge is 2.31. The van der Waals surface area contributed by atoms with E-state index in [2.05, 4.69) is 15.5 Å². The highest BCUT2D eigenvalue weighted by atomic mass is 19.4. The van der Waals surface area contributed by atoms with E-state index in [1.807, 2.05) is 13.8 Å². The van der Waals surface area contributed by atoms with Crippen molar-refractivity contribution in [1.82, 2.24) is 15.5 Å². The highest BCUT2D eigenvalue weighted by molar-refractivity contribution is 5.74. The summed E-state index contributed by atoms with van der Waals surface area (Å²) in [4.78, 5) is 14.4. The van der Waals surface area contributed by atoms with Gasteiger partial charge in [0.25, 0.3) is 0 Å². The largest absolute Gasteiger partial charge is 0.416 e. The van der Waals surface area contributed by atoms with Crippen molar-refractivity contribution in [2.24, 2.45) is 0 Å². The minimum Gasteiger partial charge on any atom is -0.375 e. The van der Waals surface area contributed by atoms with Gasteiger partial charge in [0.1, 0.15) is 0 Å². The van der Waals surface area contributed by atoms with E-state index in [1.165, 1.54) is 12.1 Å². The fraction of sp³-hybridized carbons (Fsp3) is 0.650. The Morgan fingerprint density at radius 2 is 1.86 bits per heavy atom. The quantitative estimate of drug-likeness (QED) is 0.814. The standard InChI is InChI=1S/C20H28F3N3O2/c1-19(2)11-16(8-10-28-19)24-18(27)25-17-7-9-26(13-17)12-14-3-5-15(6-4-14)20(21,22)23/h3-6,16-17H,7-13H2,1-2H3,(H2,24,25,27). The molecule has 2 aliphatic rings. The molecule has 2 heterocycles. The van der Waals surface area contributed by atoms with E-state index in [1.54, 1.807) is 0 Å². The first-order chi connectivity index (χ1) is 13.1. The predicted octanol–water partition coefficient (Wildman–Crippen LogP) is 3.54. The summed E-state index contributed by atoms with van der Waals surface area (Å²) in [5, 5.41) is 6.05. The number of nitrogens with one attached hydrogen (secondary N) is 2. The number of hydrogen-bond acceptors (Lipinski definition) is 3. The SMILES string of the molecule is CC1(C)CC(NC(=O)NC2CCN(Cc3ccc(C(F)(F)F)cc3)C2)CCO1. The third-order valence-electron chi connectivity index (χ3n) is 5.33. The lowest BCUT2D eigenvalue weighted by molar-refractivity contribution is -0.137. The molecule has 2 saturated heterocycles. The first-order valence-corrected chi connectivity index (χ1v) is 9.70. The Balaban J connectivity index is 1.43. The number of rotatable bonds is 4. The number of alkyl halides is 3. The van der Waals surface area contributed by atoms with E-state index in [0.29, 0.717) is 19.7 Å². The zero-order valence-corrected chi connectivity index (χ0v) is 16.3. The monoisotopic (exact) mass is 399 g/mol. The van der Waals surface area contributed by atoms with Gasteiger partial charge in [0, 0.05) is 38.3 Å². The predicted molar refractivity (Wildman–Crippen MR) is 99.8 cm³/mol. The number of carbonyl (C=O) groups is 1. The van der Waals surface area contributed by atoms with Crippen LogP contribution in [0.15, 0.2) is 24.3 Å². The molecular formula is C20H28F3N3O2. The molecule has 2 fully saturated rings. The van der Waals surface area contributed by atoms with Crippen molar-refractivity contribution in [3.05, 3.63) is 35.4 Å². The molecule has 1 aromatic carbocycles. The molecular weight excluding hydrogens is 371 g/mol. The van der Waals surface area contributed by atoms with Crippen molar-refractivity contribution < 1.29 is 22.7 Å². The van der Waals surface area contributed by atoms with Crippen LogP contribution >= 0.6 is 0 Å². The van der Waals surface area contributed by atoms with Crippen molar-refractivity contribution in [1.29, 1.82) is 0 Å². The molecule has 3 rings (SSSR count). The second-order valence-electron chi connectivity index (χ2n) is 8.33. The van der Waals surface area contributed by atoms with E-state index in [-0.39, 0.29) is 23.7 Å². The Hall–Kier alpha value is -1.80. The number of halogens is 3. The Morgan fingerprint density at radius 3 is 2.50 bits per heavy atom. The maximum absolute atomic E-state index is 12.6. The first kappa shape index (κ1) is 20.9. The van der Waals surface area contributed by atoms with Crippen molar-refractivity contribution in [3.63, 3.8) is 0 Å². The number of likely N-dealkylation sites (tertiary alicyclic amines) is 1. The number of hydrogen-bond donors (Lipinski definition) is 2. The molecule has 8 heteroatoms. The normalized spacial score (nSPS) is 25.5. The molecule has 5 nitrogen and oxygen atoms in total. The summed E-state index contributed by atoms with van der Waals surface area (Å²) < 4.78 is 43.6. The molecule has 0 spiro atoms. The van der Waals surface area contributed by atoms with Crippen LogP contribution in [0.2, 0.25) is 0 Å². The zero-order chi connectivity index (χ0) is 20.4. The number of ether oxygens (including phenoxy) is 1. The molecule has 2 atom stereocenters. The number of nitrogens with zero attached hydrogens (tertiary/aromatic N) is 1. The van der Waals surface area contributed by atoms with Crippen LogP contribution in [0, 0.1) is 0 Å². The summed E-state index contributed by atoms with van der Waals surface area (Å²) in [7, 11) is 0. The molecule has 2 amide bonds. The summed E-state index contributed by atoms with van der Waals surface area (Å²) in [6.07, 6.45) is -1.89. The average Bonchev–Trinajstić information content (AvgIpc) is 3.00. The van der Waals surface area contributed by atoms with Crippen molar-refractivity contribution in [2.45, 2.75) is 63.5 Å². The van der Waals surface area contributed by atoms with E-state index in [9.17, 15) is 18.0 Å². The Bertz CT molecular complexity index is 676. The van der Waals surface area contributed by atoms with Gasteiger partial charge in [-0.2, -0.15) is 13.2 Å². The van der Waals surface area contributed by atoms with E-state index in [4.69, 9.17) is 4.74 Å². The minimum atomic E-state index is -4.31. The molecule has 0 radical (unpaired) electrons. The molecule has 2 N–H and O–H groups in total. The summed E-state index contributed by atoms with van der Waals surface area (Å²) in [6.45, 7) is 6.75. The van der Waals surface area contributed by atoms with Crippen LogP contribution in [-0.2, 0) is 17.5 Å². The maximum atomic E-state index is 12.6. The van der Waals surface area contributed by atoms with E-state index < -0.39 is 11.7 Å². The van der Waals surface area contributed by atoms with Gasteiger partial charge in [0.2, 0.25) is 0 Å². The fourth-order valence-electron chi connectivity index (χ4n) is 3.92. The van der Waals surface area contributed by atoms with Crippen LogP contribution in [0.25, 0.3) is 0 Å². The van der Waals surface area contributed by atoms with Crippen molar-refractivity contribution in [3.8, 4) is 0 Å². The number of carbonyl (C=O) groups excluding carboxylic acids is 1. The van der Waals surface area contributed by atoms with Crippen LogP contribution in [0.1, 0.15) is 44.2 Å². The Morgan fingerprint density at radius 1 is 1.18 bits per heavy atom. The van der Waals surface area contributed by atoms with Crippen LogP contribution < -0.4 is 10.6 Å². The van der Waals surface area contributed by atoms with Crippen LogP contribution in [0.3, 0.4) is 0 Å². The van der Waals surface area contributed by atoms with Gasteiger partial charge < -0.3 is 15.4 Å². The van der Waals surface area contributed by atoms with Gasteiger partial charge in [-0.25, -0.2) is 4.79 Å². The number of benzene rings is 1. The van der Waals surface area contributed by atoms with Crippen molar-refractivity contribution >= 4 is 6.03 Å². The molecule has 2 unspecified atom stereocenters. The summed E-state index contributed by atoms with van der Waals surface area (Å²) in [6, 6.07) is 5.25. The third-order valence-corrected chi connectivity index (χ3v) is 5.33. The van der Waals surface area contributed by atoms with Gasteiger partial charge in [-0.15, -0.1) is 0 Å². The van der Waals surface area contributed by atoms with Crippen LogP contribution in [0.4, 0.5) is 18.0 Å². The molecule has 2 aliphatic heterocycles. The van der Waals surface area contributed by atoms with E-state index >= 15 is 0 Å². The molecule has 0 aromatic heterocycles. The second-order valence-corrected chi connectivity index (χ2v) is 8.33. The lowest BCUT2D eigenvalue weighted by Crippen LogP contribution is -2.51. The first-order valence-electron chi connectivity index (χ1n) is 9.70. The summed E-state index contributed by atoms with van der Waals surface area (Å²) in [5.74, 6) is 0. The van der Waals surface area contributed by atoms with Crippen LogP contribution in [-0.4, -0.2) is 48.3 Å². The van der Waals surface area contributed by atoms with Crippen LogP contribution in [0.5, 0.6) is 0 Å². The molecule has 0 bridgehead atoms. The summed E-state index contributed by atoms with van der Waals surface area (Å²) in [5.41, 5.74) is -0.0186. The van der Waals surface area contributed by atoms with E-state index in [0.717, 1.165) is 43.5 Å². The van der Waals surface area contributed by atoms with Gasteiger partial charge in [-0.3, -0.25) is 4.90 Å². The van der Waals surface area contributed by atoms with Gasteiger partial charge in [-0.1, -0.05) is 12.1 Å². The smallest absolute Gasteiger partial charge is 0.375 e. The zero-order valence-electron chi connectivity index (χ0n) is 16.3. The Kier molecular flexibility index (Phi) is 6.19.